The van der Waals surface area contributed by atoms with Crippen molar-refractivity contribution < 1.29 is 4.79 Å². The molecule has 8 heteroatoms. The molecule has 136 valence electrons. The molecular weight excluding hydrogens is 336 g/mol. The Hall–Kier alpha value is -1.80. The van der Waals surface area contributed by atoms with Crippen molar-refractivity contribution in [2.45, 2.75) is 45.6 Å². The van der Waals surface area contributed by atoms with E-state index in [-0.39, 0.29) is 5.91 Å². The number of aromatic nitrogens is 4. The summed E-state index contributed by atoms with van der Waals surface area (Å²) in [4.78, 5) is 20.1. The quantitative estimate of drug-likeness (QED) is 0.726. The molecule has 1 amide bonds. The Morgan fingerprint density at radius 3 is 2.88 bits per heavy atom. The minimum absolute atomic E-state index is 0.148. The molecule has 2 aromatic heterocycles. The Morgan fingerprint density at radius 2 is 2.12 bits per heavy atom. The van der Waals surface area contributed by atoms with Crippen LogP contribution >= 0.6 is 11.3 Å². The standard InChI is InChI=1S/C17H26N6OS/c1-14-16(25-13-19-14)6-5-7-18-17(24)15-12-23(21-20-15)11-10-22-8-3-2-4-9-22/h12-13H,2-11H2,1H3,(H,18,24). The highest BCUT2D eigenvalue weighted by atomic mass is 32.1. The molecule has 2 aromatic rings. The maximum Gasteiger partial charge on any atom is 0.273 e. The van der Waals surface area contributed by atoms with Crippen LogP contribution in [0.3, 0.4) is 0 Å². The lowest BCUT2D eigenvalue weighted by atomic mass is 10.1. The van der Waals surface area contributed by atoms with Gasteiger partial charge in [0.05, 0.1) is 23.9 Å². The molecule has 0 aliphatic carbocycles. The molecule has 0 radical (unpaired) electrons. The third-order valence-electron chi connectivity index (χ3n) is 4.58. The molecule has 0 aromatic carbocycles. The number of hydrogen-bond donors (Lipinski definition) is 1. The predicted molar refractivity (Wildman–Crippen MR) is 97.8 cm³/mol. The SMILES string of the molecule is Cc1ncsc1CCCNC(=O)c1cn(CCN2CCCCC2)nn1. The number of nitrogens with zero attached hydrogens (tertiary/aromatic N) is 5. The summed E-state index contributed by atoms with van der Waals surface area (Å²) in [6.45, 7) is 6.75. The number of likely N-dealkylation sites (tertiary alicyclic amines) is 1. The normalized spacial score (nSPS) is 15.4. The van der Waals surface area contributed by atoms with Crippen LogP contribution < -0.4 is 5.32 Å². The van der Waals surface area contributed by atoms with E-state index in [0.29, 0.717) is 12.2 Å². The Balaban J connectivity index is 1.37. The fourth-order valence-electron chi connectivity index (χ4n) is 3.05. The van der Waals surface area contributed by atoms with Crippen LogP contribution in [0.4, 0.5) is 0 Å². The average Bonchev–Trinajstić information content (AvgIpc) is 3.27. The Kier molecular flexibility index (Phi) is 6.52. The third-order valence-corrected chi connectivity index (χ3v) is 5.57. The van der Waals surface area contributed by atoms with Crippen molar-refractivity contribution in [3.8, 4) is 0 Å². The van der Waals surface area contributed by atoms with Gasteiger partial charge in [0.25, 0.3) is 5.91 Å². The fraction of sp³-hybridized carbons (Fsp3) is 0.647. The van der Waals surface area contributed by atoms with E-state index >= 15 is 0 Å². The van der Waals surface area contributed by atoms with E-state index in [0.717, 1.165) is 31.6 Å². The largest absolute Gasteiger partial charge is 0.351 e. The molecule has 7 nitrogen and oxygen atoms in total. The van der Waals surface area contributed by atoms with Crippen molar-refractivity contribution in [3.63, 3.8) is 0 Å². The zero-order chi connectivity index (χ0) is 17.5. The van der Waals surface area contributed by atoms with E-state index in [4.69, 9.17) is 0 Å². The summed E-state index contributed by atoms with van der Waals surface area (Å²) in [6, 6.07) is 0. The van der Waals surface area contributed by atoms with Crippen molar-refractivity contribution >= 4 is 17.2 Å². The van der Waals surface area contributed by atoms with E-state index in [1.807, 2.05) is 12.4 Å². The number of carbonyl (C=O) groups is 1. The second kappa shape index (κ2) is 9.05. The van der Waals surface area contributed by atoms with E-state index in [1.165, 1.54) is 37.2 Å². The van der Waals surface area contributed by atoms with Crippen LogP contribution in [0.15, 0.2) is 11.7 Å². The summed E-state index contributed by atoms with van der Waals surface area (Å²) in [7, 11) is 0. The Bertz CT molecular complexity index is 676. The molecule has 0 bridgehead atoms. The summed E-state index contributed by atoms with van der Waals surface area (Å²) in [6.07, 6.45) is 7.49. The molecule has 1 N–H and O–H groups in total. The predicted octanol–water partition coefficient (Wildman–Crippen LogP) is 1.89. The van der Waals surface area contributed by atoms with Gasteiger partial charge in [0.15, 0.2) is 5.69 Å². The van der Waals surface area contributed by atoms with Gasteiger partial charge in [0.2, 0.25) is 0 Å². The number of amides is 1. The first-order chi connectivity index (χ1) is 12.2. The van der Waals surface area contributed by atoms with Gasteiger partial charge in [-0.25, -0.2) is 4.98 Å². The van der Waals surface area contributed by atoms with Gasteiger partial charge in [0.1, 0.15) is 0 Å². The number of hydrogen-bond acceptors (Lipinski definition) is 6. The van der Waals surface area contributed by atoms with Crippen LogP contribution in [0.25, 0.3) is 0 Å². The van der Waals surface area contributed by atoms with Crippen LogP contribution in [0.1, 0.15) is 46.7 Å². The molecule has 3 heterocycles. The fourth-order valence-corrected chi connectivity index (χ4v) is 3.87. The van der Waals surface area contributed by atoms with Gasteiger partial charge >= 0.3 is 0 Å². The second-order valence-corrected chi connectivity index (χ2v) is 7.43. The van der Waals surface area contributed by atoms with Gasteiger partial charge < -0.3 is 10.2 Å². The molecule has 1 saturated heterocycles. The summed E-state index contributed by atoms with van der Waals surface area (Å²) in [5, 5.41) is 11.0. The zero-order valence-corrected chi connectivity index (χ0v) is 15.6. The van der Waals surface area contributed by atoms with Crippen molar-refractivity contribution in [1.82, 2.24) is 30.2 Å². The highest BCUT2D eigenvalue weighted by molar-refractivity contribution is 7.09. The Morgan fingerprint density at radius 1 is 1.28 bits per heavy atom. The summed E-state index contributed by atoms with van der Waals surface area (Å²) >= 11 is 1.67. The lowest BCUT2D eigenvalue weighted by molar-refractivity contribution is 0.0948. The summed E-state index contributed by atoms with van der Waals surface area (Å²) in [5.41, 5.74) is 3.35. The number of aryl methyl sites for hydroxylation is 2. The van der Waals surface area contributed by atoms with Crippen LogP contribution in [0, 0.1) is 6.92 Å². The van der Waals surface area contributed by atoms with Gasteiger partial charge in [-0.05, 0) is 45.7 Å². The van der Waals surface area contributed by atoms with Crippen molar-refractivity contribution in [3.05, 3.63) is 28.0 Å². The topological polar surface area (TPSA) is 75.9 Å². The molecular formula is C17H26N6OS. The molecule has 0 saturated carbocycles. The van der Waals surface area contributed by atoms with Gasteiger partial charge in [-0.2, -0.15) is 0 Å². The molecule has 3 rings (SSSR count). The molecule has 1 fully saturated rings. The van der Waals surface area contributed by atoms with Crippen LogP contribution in [0.5, 0.6) is 0 Å². The van der Waals surface area contributed by atoms with Gasteiger partial charge in [-0.15, -0.1) is 16.4 Å². The second-order valence-electron chi connectivity index (χ2n) is 6.49. The number of piperidine rings is 1. The van der Waals surface area contributed by atoms with Crippen LogP contribution in [0.2, 0.25) is 0 Å². The van der Waals surface area contributed by atoms with Gasteiger partial charge in [-0.1, -0.05) is 11.6 Å². The van der Waals surface area contributed by atoms with E-state index < -0.39 is 0 Å². The van der Waals surface area contributed by atoms with E-state index in [2.05, 4.69) is 25.5 Å². The molecule has 1 aliphatic heterocycles. The highest BCUT2D eigenvalue weighted by Crippen LogP contribution is 2.13. The summed E-state index contributed by atoms with van der Waals surface area (Å²) in [5.74, 6) is -0.148. The summed E-state index contributed by atoms with van der Waals surface area (Å²) < 4.78 is 1.77. The van der Waals surface area contributed by atoms with Crippen LogP contribution in [-0.2, 0) is 13.0 Å². The van der Waals surface area contributed by atoms with E-state index in [1.54, 1.807) is 22.2 Å². The van der Waals surface area contributed by atoms with Crippen molar-refractivity contribution in [2.24, 2.45) is 0 Å². The first-order valence-corrected chi connectivity index (χ1v) is 9.90. The molecule has 1 aliphatic rings. The van der Waals surface area contributed by atoms with E-state index in [9.17, 15) is 4.79 Å². The average molecular weight is 363 g/mol. The van der Waals surface area contributed by atoms with Gasteiger partial charge in [0, 0.05) is 18.0 Å². The third kappa shape index (κ3) is 5.34. The van der Waals surface area contributed by atoms with Gasteiger partial charge in [-0.3, -0.25) is 9.48 Å². The minimum atomic E-state index is -0.148. The first kappa shape index (κ1) is 18.0. The molecule has 25 heavy (non-hydrogen) atoms. The Labute approximate surface area is 152 Å². The van der Waals surface area contributed by atoms with Crippen LogP contribution in [-0.4, -0.2) is 57.0 Å². The highest BCUT2D eigenvalue weighted by Gasteiger charge is 2.13. The molecule has 0 unspecified atom stereocenters. The maximum atomic E-state index is 12.1. The van der Waals surface area contributed by atoms with Crippen molar-refractivity contribution in [2.75, 3.05) is 26.2 Å². The number of carbonyl (C=O) groups excluding carboxylic acids is 1. The number of nitrogens with one attached hydrogen (secondary N) is 1. The number of thiazole rings is 1. The molecule has 0 atom stereocenters. The lowest BCUT2D eigenvalue weighted by Crippen LogP contribution is -2.32. The minimum Gasteiger partial charge on any atom is -0.351 e. The smallest absolute Gasteiger partial charge is 0.273 e. The maximum absolute atomic E-state index is 12.1. The monoisotopic (exact) mass is 362 g/mol. The van der Waals surface area contributed by atoms with Crippen molar-refractivity contribution in [1.29, 1.82) is 0 Å². The first-order valence-electron chi connectivity index (χ1n) is 9.02. The zero-order valence-electron chi connectivity index (χ0n) is 14.8. The molecule has 0 spiro atoms. The lowest BCUT2D eigenvalue weighted by Gasteiger charge is -2.25. The number of rotatable bonds is 8.